The molecule has 0 aromatic heterocycles. The molecule has 7 rings (SSSR count). The van der Waals surface area contributed by atoms with Crippen LogP contribution in [0.4, 0.5) is 0 Å². The average Bonchev–Trinajstić information content (AvgIpc) is 3.11. The molecule has 0 saturated carbocycles. The molecule has 0 spiro atoms. The monoisotopic (exact) mass is 516 g/mol. The third-order valence-corrected chi connectivity index (χ3v) is 7.70. The summed E-state index contributed by atoms with van der Waals surface area (Å²) in [6, 6.07) is 19.6. The summed E-state index contributed by atoms with van der Waals surface area (Å²) in [5.74, 6) is -1.51. The van der Waals surface area contributed by atoms with Gasteiger partial charge in [-0.3, -0.25) is 9.59 Å². The Bertz CT molecular complexity index is 1270. The highest BCUT2D eigenvalue weighted by Gasteiger charge is 2.61. The molecule has 3 aliphatic carbocycles. The van der Waals surface area contributed by atoms with Crippen LogP contribution >= 0.6 is 15.9 Å². The molecule has 6 nitrogen and oxygen atoms in total. The maximum Gasteiger partial charge on any atom is 0.254 e. The van der Waals surface area contributed by atoms with Gasteiger partial charge in [-0.25, -0.2) is 0 Å². The van der Waals surface area contributed by atoms with Crippen LogP contribution in [-0.4, -0.2) is 34.8 Å². The number of hydrazone groups is 1. The summed E-state index contributed by atoms with van der Waals surface area (Å²) >= 11 is 3.31. The Kier molecular flexibility index (Phi) is 4.85. The van der Waals surface area contributed by atoms with Gasteiger partial charge in [0, 0.05) is 11.8 Å². The molecule has 34 heavy (non-hydrogen) atoms. The predicted octanol–water partition coefficient (Wildman–Crippen LogP) is 4.78. The van der Waals surface area contributed by atoms with Gasteiger partial charge in [0.15, 0.2) is 11.5 Å². The van der Waals surface area contributed by atoms with Crippen molar-refractivity contribution in [2.24, 2.45) is 16.9 Å². The zero-order valence-electron chi connectivity index (χ0n) is 18.3. The van der Waals surface area contributed by atoms with Gasteiger partial charge in [0.05, 0.1) is 29.1 Å². The number of halogens is 1. The van der Waals surface area contributed by atoms with E-state index in [1.54, 1.807) is 12.1 Å². The summed E-state index contributed by atoms with van der Waals surface area (Å²) in [5, 5.41) is 15.5. The molecule has 2 bridgehead atoms. The second-order valence-electron chi connectivity index (χ2n) is 8.78. The first-order valence-electron chi connectivity index (χ1n) is 11.3. The highest BCUT2D eigenvalue weighted by atomic mass is 79.9. The molecular weight excluding hydrogens is 496 g/mol. The molecule has 0 radical (unpaired) electrons. The van der Waals surface area contributed by atoms with E-state index in [0.717, 1.165) is 27.3 Å². The second-order valence-corrected chi connectivity index (χ2v) is 9.63. The minimum absolute atomic E-state index is 0.00884. The van der Waals surface area contributed by atoms with E-state index >= 15 is 0 Å². The van der Waals surface area contributed by atoms with E-state index in [0.29, 0.717) is 22.4 Å². The number of carbonyl (C=O) groups excluding carboxylic acids is 2. The number of nitrogens with zero attached hydrogens (tertiary/aromatic N) is 2. The Morgan fingerprint density at radius 1 is 0.941 bits per heavy atom. The lowest BCUT2D eigenvalue weighted by Gasteiger charge is -2.45. The van der Waals surface area contributed by atoms with Crippen molar-refractivity contribution >= 4 is 34.0 Å². The van der Waals surface area contributed by atoms with Gasteiger partial charge in [0.25, 0.3) is 11.8 Å². The normalized spacial score (nSPS) is 24.4. The topological polar surface area (TPSA) is 79.2 Å². The van der Waals surface area contributed by atoms with Gasteiger partial charge in [-0.15, -0.1) is 0 Å². The van der Waals surface area contributed by atoms with E-state index in [1.807, 2.05) is 31.2 Å². The Morgan fingerprint density at radius 2 is 1.44 bits per heavy atom. The Hall–Kier alpha value is -3.45. The van der Waals surface area contributed by atoms with Crippen molar-refractivity contribution in [3.05, 3.63) is 93.0 Å². The number of benzene rings is 3. The van der Waals surface area contributed by atoms with Gasteiger partial charge in [-0.2, -0.15) is 10.1 Å². The van der Waals surface area contributed by atoms with Crippen LogP contribution in [0.25, 0.3) is 0 Å². The van der Waals surface area contributed by atoms with Crippen LogP contribution in [0.3, 0.4) is 0 Å². The van der Waals surface area contributed by atoms with Crippen LogP contribution in [0.5, 0.6) is 11.5 Å². The maximum atomic E-state index is 13.6. The molecule has 1 saturated heterocycles. The largest absolute Gasteiger partial charge is 0.503 e. The summed E-state index contributed by atoms with van der Waals surface area (Å²) in [5.41, 5.74) is 5.11. The molecule has 170 valence electrons. The fourth-order valence-electron chi connectivity index (χ4n) is 5.83. The van der Waals surface area contributed by atoms with Crippen LogP contribution in [0.15, 0.2) is 70.2 Å². The number of aromatic hydroxyl groups is 1. The van der Waals surface area contributed by atoms with Gasteiger partial charge in [0.2, 0.25) is 0 Å². The van der Waals surface area contributed by atoms with Crippen molar-refractivity contribution in [3.63, 3.8) is 0 Å². The summed E-state index contributed by atoms with van der Waals surface area (Å²) in [7, 11) is 0. The second kappa shape index (κ2) is 7.81. The Balaban J connectivity index is 1.40. The van der Waals surface area contributed by atoms with Gasteiger partial charge < -0.3 is 9.84 Å². The zero-order chi connectivity index (χ0) is 23.6. The van der Waals surface area contributed by atoms with E-state index in [2.05, 4.69) is 45.3 Å². The van der Waals surface area contributed by atoms with Gasteiger partial charge in [-0.1, -0.05) is 48.5 Å². The third kappa shape index (κ3) is 2.89. The summed E-state index contributed by atoms with van der Waals surface area (Å²) in [6.07, 6.45) is 1.46. The Labute approximate surface area is 205 Å². The molecule has 4 aliphatic rings. The number of carbonyl (C=O) groups is 2. The summed E-state index contributed by atoms with van der Waals surface area (Å²) in [6.45, 7) is 2.21. The van der Waals surface area contributed by atoms with E-state index in [-0.39, 0.29) is 29.4 Å². The smallest absolute Gasteiger partial charge is 0.254 e. The lowest BCUT2D eigenvalue weighted by Crippen LogP contribution is -2.41. The molecule has 3 aromatic rings. The molecule has 1 aliphatic heterocycles. The van der Waals surface area contributed by atoms with Crippen molar-refractivity contribution in [1.82, 2.24) is 5.01 Å². The molecule has 2 atom stereocenters. The predicted molar refractivity (Wildman–Crippen MR) is 130 cm³/mol. The van der Waals surface area contributed by atoms with Gasteiger partial charge in [-0.05, 0) is 62.8 Å². The summed E-state index contributed by atoms with van der Waals surface area (Å²) < 4.78 is 5.91. The highest BCUT2D eigenvalue weighted by Crippen LogP contribution is 2.60. The molecule has 0 unspecified atom stereocenters. The van der Waals surface area contributed by atoms with Crippen molar-refractivity contribution in [2.75, 3.05) is 6.61 Å². The molecule has 3 aromatic carbocycles. The number of imide groups is 1. The SMILES string of the molecule is CCOc1cc(/C=N\N2C(=O)[C@@H]3C4c5ccccc5C(c5ccccc54)[C@@H]3C2=O)cc(Br)c1O. The zero-order valence-corrected chi connectivity index (χ0v) is 19.9. The Morgan fingerprint density at radius 3 is 1.91 bits per heavy atom. The quantitative estimate of drug-likeness (QED) is 0.399. The minimum Gasteiger partial charge on any atom is -0.503 e. The average molecular weight is 517 g/mol. The van der Waals surface area contributed by atoms with E-state index in [9.17, 15) is 14.7 Å². The van der Waals surface area contributed by atoms with E-state index < -0.39 is 11.8 Å². The first-order valence-corrected chi connectivity index (χ1v) is 12.0. The van der Waals surface area contributed by atoms with Crippen LogP contribution in [-0.2, 0) is 9.59 Å². The van der Waals surface area contributed by atoms with Gasteiger partial charge in [0.1, 0.15) is 0 Å². The van der Waals surface area contributed by atoms with Crippen molar-refractivity contribution in [1.29, 1.82) is 0 Å². The molecule has 2 amide bonds. The fraction of sp³-hybridized carbons (Fsp3) is 0.222. The van der Waals surface area contributed by atoms with Crippen molar-refractivity contribution in [3.8, 4) is 11.5 Å². The number of amides is 2. The number of hydrogen-bond donors (Lipinski definition) is 1. The number of rotatable bonds is 4. The number of ether oxygens (including phenoxy) is 1. The van der Waals surface area contributed by atoms with Gasteiger partial charge >= 0.3 is 0 Å². The lowest BCUT2D eigenvalue weighted by atomic mass is 9.55. The molecule has 7 heteroatoms. The van der Waals surface area contributed by atoms with E-state index in [1.165, 1.54) is 6.21 Å². The molecule has 1 N–H and O–H groups in total. The number of phenols is 1. The number of phenolic OH excluding ortho intramolecular Hbond substituents is 1. The van der Waals surface area contributed by atoms with Crippen LogP contribution in [0.2, 0.25) is 0 Å². The number of hydrogen-bond acceptors (Lipinski definition) is 5. The van der Waals surface area contributed by atoms with Crippen LogP contribution < -0.4 is 4.74 Å². The highest BCUT2D eigenvalue weighted by molar-refractivity contribution is 9.10. The minimum atomic E-state index is -0.468. The van der Waals surface area contributed by atoms with Crippen LogP contribution in [0.1, 0.15) is 46.6 Å². The van der Waals surface area contributed by atoms with E-state index in [4.69, 9.17) is 4.74 Å². The first kappa shape index (κ1) is 21.1. The molecular formula is C27H21BrN2O4. The molecule has 1 heterocycles. The summed E-state index contributed by atoms with van der Waals surface area (Å²) in [4.78, 5) is 27.2. The lowest BCUT2D eigenvalue weighted by molar-refractivity contribution is -0.139. The maximum absolute atomic E-state index is 13.6. The first-order chi connectivity index (χ1) is 16.5. The molecule has 1 fully saturated rings. The van der Waals surface area contributed by atoms with Crippen molar-refractivity contribution < 1.29 is 19.4 Å². The van der Waals surface area contributed by atoms with Crippen molar-refractivity contribution in [2.45, 2.75) is 18.8 Å². The standard InChI is InChI=1S/C27H21BrN2O4/c1-2-34-20-12-14(11-19(28)25(20)31)13-29-30-26(32)23-21-15-7-3-4-8-16(15)22(24(23)27(30)33)18-10-6-5-9-17(18)21/h3-13,21-24,31H,2H2,1H3/b29-13-/t21?,22?,23-,24+. The third-order valence-electron chi connectivity index (χ3n) is 7.10. The fourth-order valence-corrected chi connectivity index (χ4v) is 6.29. The van der Waals surface area contributed by atoms with Crippen LogP contribution in [0, 0.1) is 11.8 Å².